The summed E-state index contributed by atoms with van der Waals surface area (Å²) in [6.07, 6.45) is 3.82. The minimum absolute atomic E-state index is 0.130. The largest absolute Gasteiger partial charge is 0.451 e. The molecule has 0 radical (unpaired) electrons. The normalized spacial score (nSPS) is 23.4. The number of nitrogens with one attached hydrogen (secondary N) is 1. The van der Waals surface area contributed by atoms with Crippen molar-refractivity contribution in [2.24, 2.45) is 0 Å². The first kappa shape index (κ1) is 12.5. The SMILES string of the molecule is O=C(NC1CCC(Cl)CC1)c1cc2ccccc2o1. The Labute approximate surface area is 116 Å². The summed E-state index contributed by atoms with van der Waals surface area (Å²) in [6.45, 7) is 0. The van der Waals surface area contributed by atoms with Crippen LogP contribution in [0.1, 0.15) is 36.2 Å². The lowest BCUT2D eigenvalue weighted by Crippen LogP contribution is -2.37. The fourth-order valence-electron chi connectivity index (χ4n) is 2.55. The van der Waals surface area contributed by atoms with Crippen molar-refractivity contribution < 1.29 is 9.21 Å². The Morgan fingerprint density at radius 1 is 1.21 bits per heavy atom. The maximum absolute atomic E-state index is 12.1. The van der Waals surface area contributed by atoms with Gasteiger partial charge < -0.3 is 9.73 Å². The van der Waals surface area contributed by atoms with Crippen LogP contribution in [0.4, 0.5) is 0 Å². The summed E-state index contributed by atoms with van der Waals surface area (Å²) in [4.78, 5) is 12.1. The lowest BCUT2D eigenvalue weighted by atomic mass is 9.95. The first-order valence-electron chi connectivity index (χ1n) is 6.66. The topological polar surface area (TPSA) is 42.2 Å². The standard InChI is InChI=1S/C15H16ClNO2/c16-11-5-7-12(8-6-11)17-15(18)14-9-10-3-1-2-4-13(10)19-14/h1-4,9,11-12H,5-8H2,(H,17,18). The summed E-state index contributed by atoms with van der Waals surface area (Å²) in [7, 11) is 0. The molecular formula is C15H16ClNO2. The van der Waals surface area contributed by atoms with Gasteiger partial charge in [-0.25, -0.2) is 0 Å². The molecule has 1 amide bonds. The Bertz CT molecular complexity index is 552. The van der Waals surface area contributed by atoms with E-state index in [1.807, 2.05) is 24.3 Å². The van der Waals surface area contributed by atoms with Gasteiger partial charge in [0, 0.05) is 16.8 Å². The average molecular weight is 278 g/mol. The molecule has 1 aliphatic carbocycles. The molecule has 0 spiro atoms. The number of hydrogen-bond acceptors (Lipinski definition) is 2. The van der Waals surface area contributed by atoms with E-state index in [-0.39, 0.29) is 17.3 Å². The summed E-state index contributed by atoms with van der Waals surface area (Å²) >= 11 is 6.06. The molecule has 1 aromatic heterocycles. The van der Waals surface area contributed by atoms with E-state index in [0.717, 1.165) is 36.7 Å². The molecule has 1 heterocycles. The van der Waals surface area contributed by atoms with E-state index in [9.17, 15) is 4.79 Å². The van der Waals surface area contributed by atoms with Gasteiger partial charge in [-0.15, -0.1) is 11.6 Å². The van der Waals surface area contributed by atoms with Crippen LogP contribution in [0.25, 0.3) is 11.0 Å². The lowest BCUT2D eigenvalue weighted by Gasteiger charge is -2.25. The number of carbonyl (C=O) groups is 1. The highest BCUT2D eigenvalue weighted by Gasteiger charge is 2.22. The summed E-state index contributed by atoms with van der Waals surface area (Å²) in [5.74, 6) is 0.253. The van der Waals surface area contributed by atoms with Crippen molar-refractivity contribution in [1.29, 1.82) is 0 Å². The van der Waals surface area contributed by atoms with Crippen LogP contribution < -0.4 is 5.32 Å². The second-order valence-corrected chi connectivity index (χ2v) is 5.69. The van der Waals surface area contributed by atoms with Crippen LogP contribution in [0, 0.1) is 0 Å². The smallest absolute Gasteiger partial charge is 0.287 e. The number of benzene rings is 1. The molecule has 0 unspecified atom stereocenters. The van der Waals surface area contributed by atoms with Crippen molar-refractivity contribution in [3.05, 3.63) is 36.1 Å². The van der Waals surface area contributed by atoms with E-state index in [1.165, 1.54) is 0 Å². The van der Waals surface area contributed by atoms with Gasteiger partial charge in [0.05, 0.1) is 0 Å². The van der Waals surface area contributed by atoms with E-state index < -0.39 is 0 Å². The molecule has 0 atom stereocenters. The number of amides is 1. The second-order valence-electron chi connectivity index (χ2n) is 5.07. The Morgan fingerprint density at radius 3 is 2.68 bits per heavy atom. The summed E-state index contributed by atoms with van der Waals surface area (Å²) in [5.41, 5.74) is 0.747. The Kier molecular flexibility index (Phi) is 3.47. The van der Waals surface area contributed by atoms with Crippen LogP contribution in [-0.2, 0) is 0 Å². The quantitative estimate of drug-likeness (QED) is 0.850. The molecule has 1 saturated carbocycles. The number of furan rings is 1. The summed E-state index contributed by atoms with van der Waals surface area (Å²) < 4.78 is 5.55. The predicted molar refractivity (Wildman–Crippen MR) is 75.6 cm³/mol. The molecule has 4 heteroatoms. The van der Waals surface area contributed by atoms with Crippen LogP contribution in [0.2, 0.25) is 0 Å². The first-order valence-corrected chi connectivity index (χ1v) is 7.09. The van der Waals surface area contributed by atoms with Crippen LogP contribution in [0.15, 0.2) is 34.7 Å². The van der Waals surface area contributed by atoms with Crippen LogP contribution >= 0.6 is 11.6 Å². The molecular weight excluding hydrogens is 262 g/mol. The zero-order valence-electron chi connectivity index (χ0n) is 10.6. The zero-order valence-corrected chi connectivity index (χ0v) is 11.3. The molecule has 3 nitrogen and oxygen atoms in total. The van der Waals surface area contributed by atoms with Crippen molar-refractivity contribution in [2.45, 2.75) is 37.1 Å². The van der Waals surface area contributed by atoms with Crippen molar-refractivity contribution in [2.75, 3.05) is 0 Å². The monoisotopic (exact) mass is 277 g/mol. The number of halogens is 1. The van der Waals surface area contributed by atoms with Gasteiger partial charge in [0.25, 0.3) is 5.91 Å². The number of rotatable bonds is 2. The van der Waals surface area contributed by atoms with E-state index in [4.69, 9.17) is 16.0 Å². The maximum Gasteiger partial charge on any atom is 0.287 e. The Balaban J connectivity index is 1.70. The summed E-state index contributed by atoms with van der Waals surface area (Å²) in [6, 6.07) is 9.64. The molecule has 1 N–H and O–H groups in total. The Hall–Kier alpha value is -1.48. The predicted octanol–water partition coefficient (Wildman–Crippen LogP) is 3.71. The van der Waals surface area contributed by atoms with E-state index in [2.05, 4.69) is 5.32 Å². The van der Waals surface area contributed by atoms with Crippen LogP contribution in [-0.4, -0.2) is 17.3 Å². The number of fused-ring (bicyclic) bond motifs is 1. The third-order valence-corrected chi connectivity index (χ3v) is 4.08. The number of carbonyl (C=O) groups excluding carboxylic acids is 1. The highest BCUT2D eigenvalue weighted by Crippen LogP contribution is 2.24. The summed E-state index contributed by atoms with van der Waals surface area (Å²) in [5, 5.41) is 4.24. The van der Waals surface area contributed by atoms with Gasteiger partial charge in [-0.3, -0.25) is 4.79 Å². The zero-order chi connectivity index (χ0) is 13.2. The van der Waals surface area contributed by atoms with Gasteiger partial charge in [0.2, 0.25) is 0 Å². The highest BCUT2D eigenvalue weighted by atomic mass is 35.5. The number of alkyl halides is 1. The molecule has 0 saturated heterocycles. The minimum atomic E-state index is -0.130. The van der Waals surface area contributed by atoms with Gasteiger partial charge in [0.1, 0.15) is 5.58 Å². The van der Waals surface area contributed by atoms with Crippen molar-refractivity contribution >= 4 is 28.5 Å². The Morgan fingerprint density at radius 2 is 1.95 bits per heavy atom. The molecule has 1 aromatic carbocycles. The molecule has 2 aromatic rings. The van der Waals surface area contributed by atoms with E-state index in [0.29, 0.717) is 5.76 Å². The van der Waals surface area contributed by atoms with Crippen molar-refractivity contribution in [3.8, 4) is 0 Å². The number of para-hydroxylation sites is 1. The fraction of sp³-hybridized carbons (Fsp3) is 0.400. The van der Waals surface area contributed by atoms with Crippen LogP contribution in [0.5, 0.6) is 0 Å². The van der Waals surface area contributed by atoms with Gasteiger partial charge in [-0.05, 0) is 37.8 Å². The molecule has 1 fully saturated rings. The van der Waals surface area contributed by atoms with Crippen molar-refractivity contribution in [1.82, 2.24) is 5.32 Å². The average Bonchev–Trinajstić information content (AvgIpc) is 2.85. The molecule has 3 rings (SSSR count). The first-order chi connectivity index (χ1) is 9.22. The molecule has 0 aliphatic heterocycles. The minimum Gasteiger partial charge on any atom is -0.451 e. The fourth-order valence-corrected chi connectivity index (χ4v) is 2.80. The van der Waals surface area contributed by atoms with E-state index >= 15 is 0 Å². The third-order valence-electron chi connectivity index (χ3n) is 3.64. The maximum atomic E-state index is 12.1. The van der Waals surface area contributed by atoms with E-state index in [1.54, 1.807) is 6.07 Å². The number of hydrogen-bond donors (Lipinski definition) is 1. The second kappa shape index (κ2) is 5.25. The van der Waals surface area contributed by atoms with Gasteiger partial charge in [0.15, 0.2) is 5.76 Å². The van der Waals surface area contributed by atoms with Gasteiger partial charge in [-0.1, -0.05) is 18.2 Å². The third kappa shape index (κ3) is 2.76. The molecule has 100 valence electrons. The molecule has 1 aliphatic rings. The van der Waals surface area contributed by atoms with Gasteiger partial charge >= 0.3 is 0 Å². The van der Waals surface area contributed by atoms with Crippen molar-refractivity contribution in [3.63, 3.8) is 0 Å². The molecule has 0 bridgehead atoms. The van der Waals surface area contributed by atoms with Crippen LogP contribution in [0.3, 0.4) is 0 Å². The highest BCUT2D eigenvalue weighted by molar-refractivity contribution is 6.20. The van der Waals surface area contributed by atoms with Gasteiger partial charge in [-0.2, -0.15) is 0 Å². The lowest BCUT2D eigenvalue weighted by molar-refractivity contribution is 0.0902. The molecule has 19 heavy (non-hydrogen) atoms.